The van der Waals surface area contributed by atoms with E-state index >= 15 is 0 Å². The highest BCUT2D eigenvalue weighted by Gasteiger charge is 2.29. The van der Waals surface area contributed by atoms with Gasteiger partial charge in [-0.1, -0.05) is 44.2 Å². The van der Waals surface area contributed by atoms with E-state index in [4.69, 9.17) is 9.72 Å². The summed E-state index contributed by atoms with van der Waals surface area (Å²) in [6.45, 7) is 1.35. The number of aromatic nitrogens is 2. The lowest BCUT2D eigenvalue weighted by Gasteiger charge is -2.33. The Balaban J connectivity index is 1.35. The highest BCUT2D eigenvalue weighted by atomic mass is 32.1. The van der Waals surface area contributed by atoms with Crippen LogP contribution in [0.5, 0.6) is 5.75 Å². The van der Waals surface area contributed by atoms with Crippen LogP contribution in [0.25, 0.3) is 21.3 Å². The van der Waals surface area contributed by atoms with Gasteiger partial charge in [0.15, 0.2) is 0 Å². The predicted molar refractivity (Wildman–Crippen MR) is 141 cm³/mol. The highest BCUT2D eigenvalue weighted by molar-refractivity contribution is 7.17. The molecule has 2 fully saturated rings. The number of anilines is 1. The van der Waals surface area contributed by atoms with Gasteiger partial charge in [-0.25, -0.2) is 4.98 Å². The fourth-order valence-corrected chi connectivity index (χ4v) is 6.27. The zero-order valence-corrected chi connectivity index (χ0v) is 21.2. The first-order valence-electron chi connectivity index (χ1n) is 12.8. The van der Waals surface area contributed by atoms with E-state index in [2.05, 4.69) is 15.2 Å². The van der Waals surface area contributed by atoms with E-state index in [1.807, 2.05) is 29.6 Å². The molecule has 1 amide bonds. The molecule has 2 N–H and O–H groups in total. The van der Waals surface area contributed by atoms with Crippen molar-refractivity contribution in [1.29, 1.82) is 0 Å². The number of thiophene rings is 1. The van der Waals surface area contributed by atoms with Crippen LogP contribution in [-0.4, -0.2) is 42.1 Å². The van der Waals surface area contributed by atoms with Gasteiger partial charge in [-0.2, -0.15) is 0 Å². The van der Waals surface area contributed by atoms with Crippen LogP contribution in [0, 0.1) is 5.92 Å². The molecular weight excluding hydrogens is 460 g/mol. The lowest BCUT2D eigenvalue weighted by molar-refractivity contribution is -0.126. The van der Waals surface area contributed by atoms with Crippen LogP contribution in [0.15, 0.2) is 34.4 Å². The maximum absolute atomic E-state index is 13.1. The minimum Gasteiger partial charge on any atom is -0.497 e. The van der Waals surface area contributed by atoms with Crippen LogP contribution < -0.4 is 20.5 Å². The van der Waals surface area contributed by atoms with Crippen LogP contribution in [0.1, 0.15) is 57.8 Å². The van der Waals surface area contributed by atoms with E-state index in [0.29, 0.717) is 28.8 Å². The van der Waals surface area contributed by atoms with Gasteiger partial charge in [0.2, 0.25) is 11.9 Å². The van der Waals surface area contributed by atoms with E-state index in [9.17, 15) is 9.59 Å². The molecule has 186 valence electrons. The van der Waals surface area contributed by atoms with Crippen molar-refractivity contribution >= 4 is 33.4 Å². The lowest BCUT2D eigenvalue weighted by Crippen LogP contribution is -2.46. The average molecular weight is 495 g/mol. The molecule has 35 heavy (non-hydrogen) atoms. The summed E-state index contributed by atoms with van der Waals surface area (Å²) >= 11 is 1.40. The molecule has 1 aliphatic carbocycles. The number of H-pyrrole nitrogens is 1. The summed E-state index contributed by atoms with van der Waals surface area (Å²) in [5.41, 5.74) is 2.45. The normalized spacial score (nSPS) is 19.8. The van der Waals surface area contributed by atoms with Crippen molar-refractivity contribution in [2.45, 2.75) is 63.8 Å². The first kappa shape index (κ1) is 23.9. The molecule has 1 saturated carbocycles. The molecule has 5 rings (SSSR count). The zero-order chi connectivity index (χ0) is 24.2. The third-order valence-corrected chi connectivity index (χ3v) is 8.31. The molecule has 1 aliphatic heterocycles. The molecule has 1 atom stereocenters. The number of aromatic amines is 1. The third kappa shape index (κ3) is 5.37. The second kappa shape index (κ2) is 10.8. The van der Waals surface area contributed by atoms with Gasteiger partial charge in [-0.3, -0.25) is 14.6 Å². The number of hydrogen-bond donors (Lipinski definition) is 2. The smallest absolute Gasteiger partial charge is 0.270 e. The summed E-state index contributed by atoms with van der Waals surface area (Å²) in [4.78, 5) is 36.0. The van der Waals surface area contributed by atoms with E-state index in [-0.39, 0.29) is 17.4 Å². The quantitative estimate of drug-likeness (QED) is 0.515. The number of carbonyl (C=O) groups is 1. The van der Waals surface area contributed by atoms with E-state index in [1.54, 1.807) is 7.11 Å². The number of benzene rings is 1. The Morgan fingerprint density at radius 1 is 1.14 bits per heavy atom. The molecule has 8 heteroatoms. The lowest BCUT2D eigenvalue weighted by atomic mass is 9.94. The minimum atomic E-state index is -0.134. The van der Waals surface area contributed by atoms with Gasteiger partial charge in [-0.05, 0) is 43.4 Å². The number of amides is 1. The summed E-state index contributed by atoms with van der Waals surface area (Å²) in [5, 5.41) is 5.32. The molecule has 1 saturated heterocycles. The first-order chi connectivity index (χ1) is 17.1. The largest absolute Gasteiger partial charge is 0.497 e. The standard InChI is InChI=1S/C27H34N4O3S/c1-34-21-13-7-9-18(15-21)22-17-35-24-23(22)29-27(30-26(24)33)31-14-8-10-19(16-31)25(32)28-20-11-5-3-2-4-6-12-20/h7,9,13,15,17,19-20H,2-6,8,10-12,14,16H2,1H3,(H,28,32)(H,29,30,33)/t19-/m0/s1. The monoisotopic (exact) mass is 494 g/mol. The summed E-state index contributed by atoms with van der Waals surface area (Å²) in [6, 6.07) is 8.10. The summed E-state index contributed by atoms with van der Waals surface area (Å²) < 4.78 is 5.99. The average Bonchev–Trinajstić information content (AvgIpc) is 3.30. The molecule has 1 aromatic carbocycles. The van der Waals surface area contributed by atoms with Crippen LogP contribution in [-0.2, 0) is 4.79 Å². The number of carbonyl (C=O) groups excluding carboxylic acids is 1. The SMILES string of the molecule is COc1cccc(-c2csc3c(=O)[nH]c(N4CCC[C@H](C(=O)NC5CCCCCCC5)C4)nc23)c1. The summed E-state index contributed by atoms with van der Waals surface area (Å²) in [6.07, 6.45) is 10.2. The van der Waals surface area contributed by atoms with Gasteiger partial charge in [0.25, 0.3) is 5.56 Å². The van der Waals surface area contributed by atoms with Crippen LogP contribution in [0.3, 0.4) is 0 Å². The zero-order valence-electron chi connectivity index (χ0n) is 20.3. The van der Waals surface area contributed by atoms with Gasteiger partial charge >= 0.3 is 0 Å². The molecule has 0 bridgehead atoms. The minimum absolute atomic E-state index is 0.0875. The van der Waals surface area contributed by atoms with Gasteiger partial charge < -0.3 is 15.0 Å². The summed E-state index contributed by atoms with van der Waals surface area (Å²) in [5.74, 6) is 1.38. The van der Waals surface area contributed by atoms with Gasteiger partial charge in [0.1, 0.15) is 10.4 Å². The van der Waals surface area contributed by atoms with Crippen molar-refractivity contribution in [3.05, 3.63) is 40.0 Å². The number of fused-ring (bicyclic) bond motifs is 1. The van der Waals surface area contributed by atoms with E-state index in [1.165, 1.54) is 43.4 Å². The van der Waals surface area contributed by atoms with E-state index in [0.717, 1.165) is 49.1 Å². The second-order valence-electron chi connectivity index (χ2n) is 9.78. The van der Waals surface area contributed by atoms with Crippen LogP contribution in [0.2, 0.25) is 0 Å². The van der Waals surface area contributed by atoms with Crippen LogP contribution in [0.4, 0.5) is 5.95 Å². The Morgan fingerprint density at radius 2 is 1.94 bits per heavy atom. The Kier molecular flexibility index (Phi) is 7.37. The number of rotatable bonds is 5. The Morgan fingerprint density at radius 3 is 2.74 bits per heavy atom. The number of piperidine rings is 1. The predicted octanol–water partition coefficient (Wildman–Crippen LogP) is 5.11. The highest BCUT2D eigenvalue weighted by Crippen LogP contribution is 2.34. The van der Waals surface area contributed by atoms with Crippen LogP contribution >= 0.6 is 11.3 Å². The summed E-state index contributed by atoms with van der Waals surface area (Å²) in [7, 11) is 1.64. The number of ether oxygens (including phenoxy) is 1. The maximum Gasteiger partial charge on any atom is 0.270 e. The van der Waals surface area contributed by atoms with Gasteiger partial charge in [-0.15, -0.1) is 11.3 Å². The third-order valence-electron chi connectivity index (χ3n) is 7.34. The molecule has 0 unspecified atom stereocenters. The molecule has 7 nitrogen and oxygen atoms in total. The fraction of sp³-hybridized carbons (Fsp3) is 0.519. The Labute approximate surface area is 209 Å². The van der Waals surface area contributed by atoms with Crippen molar-refractivity contribution in [1.82, 2.24) is 15.3 Å². The molecule has 3 heterocycles. The Bertz CT molecular complexity index is 1230. The molecule has 2 aromatic heterocycles. The number of nitrogens with one attached hydrogen (secondary N) is 2. The second-order valence-corrected chi connectivity index (χ2v) is 10.7. The van der Waals surface area contributed by atoms with Crippen molar-refractivity contribution in [2.75, 3.05) is 25.1 Å². The first-order valence-corrected chi connectivity index (χ1v) is 13.7. The molecule has 3 aromatic rings. The Hall–Kier alpha value is -2.87. The number of methoxy groups -OCH3 is 1. The fourth-order valence-electron chi connectivity index (χ4n) is 5.36. The van der Waals surface area contributed by atoms with Crippen molar-refractivity contribution in [3.8, 4) is 16.9 Å². The van der Waals surface area contributed by atoms with Gasteiger partial charge in [0, 0.05) is 30.1 Å². The molecular formula is C27H34N4O3S. The van der Waals surface area contributed by atoms with Crippen molar-refractivity contribution < 1.29 is 9.53 Å². The van der Waals surface area contributed by atoms with Gasteiger partial charge in [0.05, 0.1) is 18.5 Å². The maximum atomic E-state index is 13.1. The number of nitrogens with zero attached hydrogens (tertiary/aromatic N) is 2. The van der Waals surface area contributed by atoms with Crippen molar-refractivity contribution in [3.63, 3.8) is 0 Å². The molecule has 0 radical (unpaired) electrons. The molecule has 0 spiro atoms. The van der Waals surface area contributed by atoms with Crippen molar-refractivity contribution in [2.24, 2.45) is 5.92 Å². The number of hydrogen-bond acceptors (Lipinski definition) is 6. The topological polar surface area (TPSA) is 87.3 Å². The molecule has 2 aliphatic rings. The van der Waals surface area contributed by atoms with E-state index < -0.39 is 0 Å².